The molecule has 1 atom stereocenters. The first-order valence-electron chi connectivity index (χ1n) is 3.22. The zero-order valence-corrected chi connectivity index (χ0v) is 6.05. The second-order valence-electron chi connectivity index (χ2n) is 3.41. The van der Waals surface area contributed by atoms with E-state index in [-0.39, 0.29) is 11.3 Å². The van der Waals surface area contributed by atoms with Crippen molar-refractivity contribution in [1.29, 1.82) is 0 Å². The smallest absolute Gasteiger partial charge is 0.372 e. The van der Waals surface area contributed by atoms with E-state index >= 15 is 0 Å². The van der Waals surface area contributed by atoms with Gasteiger partial charge in [-0.3, -0.25) is 4.79 Å². The fraction of sp³-hybridized carbons (Fsp3) is 0.714. The summed E-state index contributed by atoms with van der Waals surface area (Å²) in [6.07, 6.45) is 0.720. The maximum Gasteiger partial charge on any atom is 0.372 e. The molecule has 1 unspecified atom stereocenters. The Morgan fingerprint density at radius 1 is 1.50 bits per heavy atom. The standard InChI is InChI=1S/C7H10O3/c1-7(2)3-4(7)5(8)6(9)10/h4H,3H2,1-2H3,(H,9,10). The Bertz CT molecular complexity index is 193. The lowest BCUT2D eigenvalue weighted by Crippen LogP contribution is -2.16. The molecular formula is C7H10O3. The molecule has 1 aliphatic rings. The van der Waals surface area contributed by atoms with Gasteiger partial charge in [0.25, 0.3) is 0 Å². The summed E-state index contributed by atoms with van der Waals surface area (Å²) in [5, 5.41) is 8.28. The van der Waals surface area contributed by atoms with Crippen molar-refractivity contribution in [3.63, 3.8) is 0 Å². The molecule has 1 aliphatic carbocycles. The Hall–Kier alpha value is -0.860. The predicted molar refractivity (Wildman–Crippen MR) is 34.5 cm³/mol. The summed E-state index contributed by atoms with van der Waals surface area (Å²) < 4.78 is 0. The van der Waals surface area contributed by atoms with Gasteiger partial charge < -0.3 is 5.11 Å². The normalized spacial score (nSPS) is 27.6. The summed E-state index contributed by atoms with van der Waals surface area (Å²) in [5.74, 6) is -2.16. The van der Waals surface area contributed by atoms with Crippen LogP contribution in [0.1, 0.15) is 20.3 Å². The average molecular weight is 142 g/mol. The lowest BCUT2D eigenvalue weighted by Gasteiger charge is -1.96. The van der Waals surface area contributed by atoms with Crippen LogP contribution in [0.15, 0.2) is 0 Å². The van der Waals surface area contributed by atoms with Gasteiger partial charge in [0.2, 0.25) is 5.78 Å². The molecule has 3 heteroatoms. The average Bonchev–Trinajstić information content (AvgIpc) is 2.38. The molecule has 1 N–H and O–H groups in total. The van der Waals surface area contributed by atoms with Gasteiger partial charge in [-0.25, -0.2) is 4.79 Å². The van der Waals surface area contributed by atoms with Gasteiger partial charge in [0.1, 0.15) is 0 Å². The molecule has 0 aromatic carbocycles. The van der Waals surface area contributed by atoms with Crippen LogP contribution in [0.2, 0.25) is 0 Å². The number of hydrogen-bond donors (Lipinski definition) is 1. The van der Waals surface area contributed by atoms with Crippen LogP contribution in [0.4, 0.5) is 0 Å². The van der Waals surface area contributed by atoms with Gasteiger partial charge in [-0.2, -0.15) is 0 Å². The van der Waals surface area contributed by atoms with Crippen LogP contribution in [0.25, 0.3) is 0 Å². The number of rotatable bonds is 2. The highest BCUT2D eigenvalue weighted by Crippen LogP contribution is 2.51. The van der Waals surface area contributed by atoms with E-state index in [1.54, 1.807) is 0 Å². The quantitative estimate of drug-likeness (QED) is 0.577. The van der Waals surface area contributed by atoms with Gasteiger partial charge in [0.15, 0.2) is 0 Å². The van der Waals surface area contributed by atoms with Crippen molar-refractivity contribution >= 4 is 11.8 Å². The first-order chi connectivity index (χ1) is 4.45. The third-order valence-corrected chi connectivity index (χ3v) is 2.04. The lowest BCUT2D eigenvalue weighted by molar-refractivity contribution is -0.150. The molecule has 0 aliphatic heterocycles. The van der Waals surface area contributed by atoms with Crippen LogP contribution in [0.3, 0.4) is 0 Å². The highest BCUT2D eigenvalue weighted by atomic mass is 16.4. The van der Waals surface area contributed by atoms with E-state index in [2.05, 4.69) is 0 Å². The summed E-state index contributed by atoms with van der Waals surface area (Å²) >= 11 is 0. The van der Waals surface area contributed by atoms with Crippen molar-refractivity contribution in [3.8, 4) is 0 Å². The minimum atomic E-state index is -1.30. The highest BCUT2D eigenvalue weighted by Gasteiger charge is 2.52. The first kappa shape index (κ1) is 7.25. The van der Waals surface area contributed by atoms with Crippen molar-refractivity contribution < 1.29 is 14.7 Å². The van der Waals surface area contributed by atoms with Gasteiger partial charge in [0.05, 0.1) is 0 Å². The Labute approximate surface area is 59.0 Å². The molecule has 0 spiro atoms. The maximum atomic E-state index is 10.7. The Morgan fingerprint density at radius 2 is 1.90 bits per heavy atom. The number of carboxylic acid groups (broad SMARTS) is 1. The fourth-order valence-electron chi connectivity index (χ4n) is 1.06. The molecule has 0 saturated heterocycles. The number of carboxylic acids is 1. The number of carbonyl (C=O) groups excluding carboxylic acids is 1. The van der Waals surface area contributed by atoms with E-state index in [0.717, 1.165) is 6.42 Å². The summed E-state index contributed by atoms with van der Waals surface area (Å²) in [7, 11) is 0. The van der Waals surface area contributed by atoms with Gasteiger partial charge in [-0.05, 0) is 11.8 Å². The first-order valence-corrected chi connectivity index (χ1v) is 3.22. The molecule has 0 heterocycles. The maximum absolute atomic E-state index is 10.7. The van der Waals surface area contributed by atoms with Gasteiger partial charge in [-0.15, -0.1) is 0 Å². The van der Waals surface area contributed by atoms with E-state index in [1.165, 1.54) is 0 Å². The predicted octanol–water partition coefficient (Wildman–Crippen LogP) is 0.686. The van der Waals surface area contributed by atoms with Crippen molar-refractivity contribution in [2.75, 3.05) is 0 Å². The molecule has 0 radical (unpaired) electrons. The molecule has 0 aromatic heterocycles. The van der Waals surface area contributed by atoms with Gasteiger partial charge in [-0.1, -0.05) is 13.8 Å². The third-order valence-electron chi connectivity index (χ3n) is 2.04. The SMILES string of the molecule is CC1(C)CC1C(=O)C(=O)O. The number of hydrogen-bond acceptors (Lipinski definition) is 2. The minimum Gasteiger partial charge on any atom is -0.475 e. The van der Waals surface area contributed by atoms with Crippen molar-refractivity contribution in [2.24, 2.45) is 11.3 Å². The minimum absolute atomic E-state index is 0.0600. The van der Waals surface area contributed by atoms with Crippen molar-refractivity contribution in [1.82, 2.24) is 0 Å². The molecule has 1 rings (SSSR count). The second kappa shape index (κ2) is 1.81. The molecule has 0 aromatic rings. The van der Waals surface area contributed by atoms with Crippen molar-refractivity contribution in [2.45, 2.75) is 20.3 Å². The molecule has 3 nitrogen and oxygen atoms in total. The third kappa shape index (κ3) is 1.03. The molecule has 1 fully saturated rings. The van der Waals surface area contributed by atoms with E-state index in [9.17, 15) is 9.59 Å². The Balaban J connectivity index is 2.56. The van der Waals surface area contributed by atoms with Crippen molar-refractivity contribution in [3.05, 3.63) is 0 Å². The van der Waals surface area contributed by atoms with E-state index < -0.39 is 11.8 Å². The summed E-state index contributed by atoms with van der Waals surface area (Å²) in [6, 6.07) is 0. The lowest BCUT2D eigenvalue weighted by atomic mass is 10.1. The molecule has 0 amide bonds. The number of carbonyl (C=O) groups is 2. The number of ketones is 1. The monoisotopic (exact) mass is 142 g/mol. The zero-order valence-electron chi connectivity index (χ0n) is 6.05. The van der Waals surface area contributed by atoms with E-state index in [0.29, 0.717) is 0 Å². The number of Topliss-reactive ketones (excluding diaryl/α,β-unsaturated/α-hetero) is 1. The second-order valence-corrected chi connectivity index (χ2v) is 3.41. The van der Waals surface area contributed by atoms with Crippen LogP contribution in [0, 0.1) is 11.3 Å². The Morgan fingerprint density at radius 3 is 2.00 bits per heavy atom. The van der Waals surface area contributed by atoms with Crippen LogP contribution >= 0.6 is 0 Å². The summed E-state index contributed by atoms with van der Waals surface area (Å²) in [5.41, 5.74) is -0.0600. The van der Waals surface area contributed by atoms with Crippen LogP contribution in [0.5, 0.6) is 0 Å². The van der Waals surface area contributed by atoms with E-state index in [1.807, 2.05) is 13.8 Å². The molecule has 1 saturated carbocycles. The van der Waals surface area contributed by atoms with Gasteiger partial charge >= 0.3 is 5.97 Å². The molecule has 56 valence electrons. The topological polar surface area (TPSA) is 54.4 Å². The highest BCUT2D eigenvalue weighted by molar-refractivity contribution is 6.34. The number of aliphatic carboxylic acids is 1. The fourth-order valence-corrected chi connectivity index (χ4v) is 1.06. The zero-order chi connectivity index (χ0) is 7.94. The van der Waals surface area contributed by atoms with Crippen LogP contribution in [-0.2, 0) is 9.59 Å². The summed E-state index contributed by atoms with van der Waals surface area (Å²) in [4.78, 5) is 20.8. The molecule has 0 bridgehead atoms. The Kier molecular flexibility index (Phi) is 1.31. The van der Waals surface area contributed by atoms with Crippen LogP contribution in [-0.4, -0.2) is 16.9 Å². The van der Waals surface area contributed by atoms with Gasteiger partial charge in [0, 0.05) is 5.92 Å². The molecule has 10 heavy (non-hydrogen) atoms. The van der Waals surface area contributed by atoms with E-state index in [4.69, 9.17) is 5.11 Å². The molecular weight excluding hydrogens is 132 g/mol. The largest absolute Gasteiger partial charge is 0.475 e. The summed E-state index contributed by atoms with van der Waals surface area (Å²) in [6.45, 7) is 3.80. The van der Waals surface area contributed by atoms with Crippen LogP contribution < -0.4 is 0 Å².